The number of hydrogen-bond donors (Lipinski definition) is 1. The van der Waals surface area contributed by atoms with Gasteiger partial charge >= 0.3 is 0 Å². The third kappa shape index (κ3) is 5.51. The van der Waals surface area contributed by atoms with Gasteiger partial charge < -0.3 is 10.1 Å². The number of aromatic nitrogens is 2. The Bertz CT molecular complexity index is 722. The molecule has 0 aliphatic rings. The second-order valence-electron chi connectivity index (χ2n) is 4.93. The number of carbonyl (C=O) groups excluding carboxylic acids is 1. The first-order valence-electron chi connectivity index (χ1n) is 6.97. The van der Waals surface area contributed by atoms with E-state index in [1.165, 1.54) is 0 Å². The maximum absolute atomic E-state index is 12.2. The molecule has 5 nitrogen and oxygen atoms in total. The van der Waals surface area contributed by atoms with Crippen LogP contribution in [0.2, 0.25) is 0 Å². The summed E-state index contributed by atoms with van der Waals surface area (Å²) in [5.74, 6) is 0.608. The summed E-state index contributed by atoms with van der Waals surface area (Å²) in [6.45, 7) is 2.74. The number of amides is 1. The number of ether oxygens (including phenoxy) is 1. The highest BCUT2D eigenvalue weighted by Crippen LogP contribution is 2.16. The Morgan fingerprint density at radius 2 is 2.17 bits per heavy atom. The van der Waals surface area contributed by atoms with Crippen molar-refractivity contribution in [3.05, 3.63) is 56.8 Å². The number of aryl methyl sites for hydroxylation is 2. The van der Waals surface area contributed by atoms with E-state index in [2.05, 4.69) is 42.3 Å². The van der Waals surface area contributed by atoms with E-state index in [9.17, 15) is 4.79 Å². The van der Waals surface area contributed by atoms with Crippen molar-refractivity contribution < 1.29 is 9.53 Å². The van der Waals surface area contributed by atoms with Crippen molar-refractivity contribution in [3.8, 4) is 5.75 Å². The minimum absolute atomic E-state index is 0.148. The summed E-state index contributed by atoms with van der Waals surface area (Å²) in [6, 6.07) is 9.39. The van der Waals surface area contributed by atoms with E-state index in [-0.39, 0.29) is 5.91 Å². The van der Waals surface area contributed by atoms with Crippen LogP contribution in [0.3, 0.4) is 0 Å². The Morgan fingerprint density at radius 1 is 1.39 bits per heavy atom. The van der Waals surface area contributed by atoms with Crippen molar-refractivity contribution in [3.63, 3.8) is 0 Å². The molecule has 0 spiro atoms. The number of halogens is 2. The van der Waals surface area contributed by atoms with E-state index < -0.39 is 0 Å². The molecular weight excluding hydrogens is 426 g/mol. The van der Waals surface area contributed by atoms with Crippen LogP contribution in [0.15, 0.2) is 39.8 Å². The lowest BCUT2D eigenvalue weighted by molar-refractivity contribution is 0.0941. The molecule has 0 fully saturated rings. The minimum Gasteiger partial charge on any atom is -0.489 e. The molecule has 7 heteroatoms. The van der Waals surface area contributed by atoms with Crippen LogP contribution >= 0.6 is 31.9 Å². The Labute approximate surface area is 152 Å². The predicted octanol–water partition coefficient (Wildman–Crippen LogP) is 3.67. The second-order valence-corrected chi connectivity index (χ2v) is 7.70. The lowest BCUT2D eigenvalue weighted by Crippen LogP contribution is -2.25. The van der Waals surface area contributed by atoms with Crippen LogP contribution in [-0.2, 0) is 13.6 Å². The number of benzene rings is 1. The first kappa shape index (κ1) is 17.7. The molecule has 0 saturated heterocycles. The van der Waals surface area contributed by atoms with Crippen molar-refractivity contribution in [2.45, 2.75) is 13.5 Å². The molecule has 0 bridgehead atoms. The first-order chi connectivity index (χ1) is 11.0. The fraction of sp³-hybridized carbons (Fsp3) is 0.250. The van der Waals surface area contributed by atoms with Crippen LogP contribution in [0, 0.1) is 6.92 Å². The average molecular weight is 443 g/mol. The normalized spacial score (nSPS) is 10.3. The molecule has 0 aliphatic heterocycles. The fourth-order valence-corrected chi connectivity index (χ4v) is 2.31. The van der Waals surface area contributed by atoms with Gasteiger partial charge in [-0.25, -0.2) is 0 Å². The molecule has 122 valence electrons. The molecule has 0 saturated carbocycles. The Hall–Kier alpha value is -1.60. The molecule has 1 amide bonds. The number of rotatable bonds is 6. The average Bonchev–Trinajstić information content (AvgIpc) is 2.84. The van der Waals surface area contributed by atoms with Crippen molar-refractivity contribution >= 4 is 37.8 Å². The molecule has 0 atom stereocenters. The van der Waals surface area contributed by atoms with Crippen LogP contribution in [-0.4, -0.2) is 22.3 Å². The number of hydrogen-bond acceptors (Lipinski definition) is 3. The van der Waals surface area contributed by atoms with Crippen molar-refractivity contribution in [2.75, 3.05) is 6.61 Å². The van der Waals surface area contributed by atoms with Gasteiger partial charge in [-0.1, -0.05) is 12.1 Å². The molecule has 0 aliphatic carbocycles. The molecule has 1 aromatic carbocycles. The number of carbonyl (C=O) groups is 1. The highest BCUT2D eigenvalue weighted by atomic mass is 79.9. The van der Waals surface area contributed by atoms with E-state index in [1.807, 2.05) is 37.3 Å². The molecule has 2 aromatic rings. The molecule has 1 heterocycles. The van der Waals surface area contributed by atoms with E-state index in [4.69, 9.17) is 4.74 Å². The van der Waals surface area contributed by atoms with Crippen LogP contribution in [0.5, 0.6) is 5.75 Å². The maximum atomic E-state index is 12.2. The quantitative estimate of drug-likeness (QED) is 0.742. The summed E-state index contributed by atoms with van der Waals surface area (Å²) in [5.41, 5.74) is 2.33. The van der Waals surface area contributed by atoms with Gasteiger partial charge in [-0.15, -0.1) is 0 Å². The molecule has 2 rings (SSSR count). The fourth-order valence-electron chi connectivity index (χ4n) is 2.04. The van der Waals surface area contributed by atoms with Crippen LogP contribution in [0.25, 0.3) is 0 Å². The van der Waals surface area contributed by atoms with Crippen molar-refractivity contribution in [1.82, 2.24) is 15.1 Å². The number of nitrogens with one attached hydrogen (secondary N) is 1. The SMILES string of the molecule is Cc1cc(C(=O)NCc2cccc(OCC=C(Br)Br)c2)n(C)n1. The summed E-state index contributed by atoms with van der Waals surface area (Å²) < 4.78 is 8.03. The molecular formula is C16H17Br2N3O2. The molecule has 0 unspecified atom stereocenters. The van der Waals surface area contributed by atoms with Gasteiger partial charge in [0.25, 0.3) is 5.91 Å². The standard InChI is InChI=1S/C16H17Br2N3O2/c1-11-8-14(21(2)20-11)16(22)19-10-12-4-3-5-13(9-12)23-7-6-15(17)18/h3-6,8-9H,7,10H2,1-2H3,(H,19,22). The monoisotopic (exact) mass is 441 g/mol. The van der Waals surface area contributed by atoms with Gasteiger partial charge in [0.15, 0.2) is 0 Å². The first-order valence-corrected chi connectivity index (χ1v) is 8.56. The Morgan fingerprint density at radius 3 is 2.83 bits per heavy atom. The molecule has 0 radical (unpaired) electrons. The van der Waals surface area contributed by atoms with E-state index in [1.54, 1.807) is 17.8 Å². The van der Waals surface area contributed by atoms with Crippen LogP contribution in [0.1, 0.15) is 21.7 Å². The van der Waals surface area contributed by atoms with Crippen LogP contribution < -0.4 is 10.1 Å². The zero-order valence-electron chi connectivity index (χ0n) is 12.8. The molecule has 1 aromatic heterocycles. The summed E-state index contributed by atoms with van der Waals surface area (Å²) >= 11 is 6.55. The summed E-state index contributed by atoms with van der Waals surface area (Å²) in [7, 11) is 1.76. The van der Waals surface area contributed by atoms with E-state index in [0.29, 0.717) is 18.8 Å². The lowest BCUT2D eigenvalue weighted by atomic mass is 10.2. The third-order valence-electron chi connectivity index (χ3n) is 3.07. The zero-order valence-corrected chi connectivity index (χ0v) is 16.0. The predicted molar refractivity (Wildman–Crippen MR) is 97.0 cm³/mol. The molecule has 23 heavy (non-hydrogen) atoms. The topological polar surface area (TPSA) is 56.1 Å². The summed E-state index contributed by atoms with van der Waals surface area (Å²) in [6.07, 6.45) is 1.86. The molecule has 1 N–H and O–H groups in total. The van der Waals surface area contributed by atoms with Crippen molar-refractivity contribution in [2.24, 2.45) is 7.05 Å². The smallest absolute Gasteiger partial charge is 0.269 e. The van der Waals surface area contributed by atoms with Gasteiger partial charge in [-0.05, 0) is 68.6 Å². The minimum atomic E-state index is -0.148. The van der Waals surface area contributed by atoms with Gasteiger partial charge in [0.1, 0.15) is 18.1 Å². The van der Waals surface area contributed by atoms with Crippen LogP contribution in [0.4, 0.5) is 0 Å². The summed E-state index contributed by atoms with van der Waals surface area (Å²) in [4.78, 5) is 12.2. The maximum Gasteiger partial charge on any atom is 0.269 e. The van der Waals surface area contributed by atoms with Gasteiger partial charge in [0, 0.05) is 13.6 Å². The number of nitrogens with zero attached hydrogens (tertiary/aromatic N) is 2. The lowest BCUT2D eigenvalue weighted by Gasteiger charge is -2.08. The Balaban J connectivity index is 1.94. The van der Waals surface area contributed by atoms with Crippen molar-refractivity contribution in [1.29, 1.82) is 0 Å². The van der Waals surface area contributed by atoms with E-state index >= 15 is 0 Å². The van der Waals surface area contributed by atoms with Gasteiger partial charge in [-0.2, -0.15) is 5.10 Å². The van der Waals surface area contributed by atoms with Gasteiger partial charge in [0.2, 0.25) is 0 Å². The zero-order chi connectivity index (χ0) is 16.8. The summed E-state index contributed by atoms with van der Waals surface area (Å²) in [5, 5.41) is 7.06. The third-order valence-corrected chi connectivity index (χ3v) is 3.72. The Kier molecular flexibility index (Phi) is 6.41. The highest BCUT2D eigenvalue weighted by Gasteiger charge is 2.11. The highest BCUT2D eigenvalue weighted by molar-refractivity contribution is 9.28. The second kappa shape index (κ2) is 8.31. The van der Waals surface area contributed by atoms with Gasteiger partial charge in [0.05, 0.1) is 9.09 Å². The van der Waals surface area contributed by atoms with Gasteiger partial charge in [-0.3, -0.25) is 9.48 Å². The van der Waals surface area contributed by atoms with E-state index in [0.717, 1.165) is 20.4 Å². The largest absolute Gasteiger partial charge is 0.489 e.